The predicted octanol–water partition coefficient (Wildman–Crippen LogP) is 4.15. The lowest BCUT2D eigenvalue weighted by atomic mass is 9.72. The zero-order valence-corrected chi connectivity index (χ0v) is 15.1. The van der Waals surface area contributed by atoms with Crippen molar-refractivity contribution in [3.63, 3.8) is 0 Å². The van der Waals surface area contributed by atoms with Crippen molar-refractivity contribution in [1.29, 1.82) is 0 Å². The summed E-state index contributed by atoms with van der Waals surface area (Å²) < 4.78 is 16.9. The van der Waals surface area contributed by atoms with Gasteiger partial charge in [0.1, 0.15) is 12.7 Å². The first-order chi connectivity index (χ1) is 10.8. The Hall–Kier alpha value is -1.13. The molecular weight excluding hydrogens is 292 g/mol. The fraction of sp³-hybridized carbons (Fsp3) is 0.737. The van der Waals surface area contributed by atoms with Gasteiger partial charge in [0.25, 0.3) is 0 Å². The molecule has 0 aromatic carbocycles. The fourth-order valence-electron chi connectivity index (χ4n) is 3.36. The summed E-state index contributed by atoms with van der Waals surface area (Å²) in [4.78, 5) is 11.2. The van der Waals surface area contributed by atoms with Gasteiger partial charge in [-0.1, -0.05) is 32.4 Å². The second-order valence-electron chi connectivity index (χ2n) is 7.37. The molecule has 1 aliphatic carbocycles. The van der Waals surface area contributed by atoms with E-state index in [1.165, 1.54) is 24.0 Å². The van der Waals surface area contributed by atoms with Crippen LogP contribution in [0.15, 0.2) is 23.3 Å². The summed E-state index contributed by atoms with van der Waals surface area (Å²) in [6, 6.07) is 0. The summed E-state index contributed by atoms with van der Waals surface area (Å²) in [5.74, 6) is -0.952. The molecule has 2 unspecified atom stereocenters. The molecule has 0 aromatic heterocycles. The molecular formula is C19H30O4. The van der Waals surface area contributed by atoms with Crippen LogP contribution >= 0.6 is 0 Å². The minimum atomic E-state index is -0.746. The predicted molar refractivity (Wildman–Crippen MR) is 90.0 cm³/mol. The average Bonchev–Trinajstić information content (AvgIpc) is 2.85. The Balaban J connectivity index is 1.98. The maximum absolute atomic E-state index is 11.2. The van der Waals surface area contributed by atoms with Crippen molar-refractivity contribution < 1.29 is 19.0 Å². The number of carbonyl (C=O) groups excluding carboxylic acids is 1. The van der Waals surface area contributed by atoms with Gasteiger partial charge in [0.15, 0.2) is 5.79 Å². The van der Waals surface area contributed by atoms with E-state index < -0.39 is 5.79 Å². The van der Waals surface area contributed by atoms with Gasteiger partial charge < -0.3 is 14.2 Å². The third-order valence-corrected chi connectivity index (χ3v) is 4.77. The van der Waals surface area contributed by atoms with Crippen LogP contribution in [0, 0.1) is 5.41 Å². The lowest BCUT2D eigenvalue weighted by Crippen LogP contribution is -2.27. The number of hydrogen-bond donors (Lipinski definition) is 0. The Bertz CT molecular complexity index is 503. The molecule has 23 heavy (non-hydrogen) atoms. The Morgan fingerprint density at radius 2 is 2.13 bits per heavy atom. The van der Waals surface area contributed by atoms with Gasteiger partial charge >= 0.3 is 5.97 Å². The number of hydrogen-bond acceptors (Lipinski definition) is 4. The standard InChI is InChI=1S/C19H30O4/c1-6-17(20)21-12-15-13-22-19(5,23-15)11-9-16-14(2)8-7-10-18(16,3)4/h9,11,15H,6-8,10,12-13H2,1-5H3/b11-9+. The molecule has 2 aliphatic rings. The SMILES string of the molecule is CCC(=O)OCC1COC(C)(/C=C/C2=C(C)CCCC2(C)C)O1. The van der Waals surface area contributed by atoms with E-state index in [-0.39, 0.29) is 24.1 Å². The van der Waals surface area contributed by atoms with Crippen LogP contribution in [-0.2, 0) is 19.0 Å². The van der Waals surface area contributed by atoms with Crippen molar-refractivity contribution in [2.75, 3.05) is 13.2 Å². The molecule has 130 valence electrons. The summed E-state index contributed by atoms with van der Waals surface area (Å²) in [6.45, 7) is 11.2. The van der Waals surface area contributed by atoms with Crippen molar-refractivity contribution in [2.45, 2.75) is 72.2 Å². The fourth-order valence-corrected chi connectivity index (χ4v) is 3.36. The van der Waals surface area contributed by atoms with Gasteiger partial charge in [0.05, 0.1) is 6.61 Å². The zero-order chi connectivity index (χ0) is 17.1. The highest BCUT2D eigenvalue weighted by molar-refractivity contribution is 5.68. The van der Waals surface area contributed by atoms with E-state index in [1.54, 1.807) is 6.92 Å². The van der Waals surface area contributed by atoms with Gasteiger partial charge in [0, 0.05) is 6.42 Å². The van der Waals surface area contributed by atoms with E-state index in [1.807, 2.05) is 13.0 Å². The number of allylic oxidation sites excluding steroid dienone is 3. The second kappa shape index (κ2) is 7.18. The third-order valence-electron chi connectivity index (χ3n) is 4.77. The van der Waals surface area contributed by atoms with Crippen molar-refractivity contribution in [1.82, 2.24) is 0 Å². The van der Waals surface area contributed by atoms with Gasteiger partial charge in [-0.15, -0.1) is 0 Å². The third kappa shape index (κ3) is 4.67. The van der Waals surface area contributed by atoms with E-state index in [2.05, 4.69) is 26.8 Å². The van der Waals surface area contributed by atoms with Crippen LogP contribution in [0.4, 0.5) is 0 Å². The Morgan fingerprint density at radius 1 is 1.39 bits per heavy atom. The minimum Gasteiger partial charge on any atom is -0.463 e. The maximum Gasteiger partial charge on any atom is 0.305 e. The summed E-state index contributed by atoms with van der Waals surface area (Å²) in [5, 5.41) is 0. The number of carbonyl (C=O) groups is 1. The molecule has 2 atom stereocenters. The lowest BCUT2D eigenvalue weighted by molar-refractivity contribution is -0.151. The van der Waals surface area contributed by atoms with Gasteiger partial charge in [-0.05, 0) is 50.2 Å². The summed E-state index contributed by atoms with van der Waals surface area (Å²) in [7, 11) is 0. The monoisotopic (exact) mass is 322 g/mol. The normalized spacial score (nSPS) is 30.9. The van der Waals surface area contributed by atoms with Gasteiger partial charge in [-0.3, -0.25) is 4.79 Å². The number of ether oxygens (including phenoxy) is 3. The van der Waals surface area contributed by atoms with Gasteiger partial charge in [-0.2, -0.15) is 0 Å². The highest BCUT2D eigenvalue weighted by Gasteiger charge is 2.36. The van der Waals surface area contributed by atoms with Crippen molar-refractivity contribution in [3.8, 4) is 0 Å². The van der Waals surface area contributed by atoms with E-state index in [0.717, 1.165) is 6.42 Å². The Kier molecular flexibility index (Phi) is 5.69. The molecule has 4 heteroatoms. The highest BCUT2D eigenvalue weighted by atomic mass is 16.7. The first-order valence-corrected chi connectivity index (χ1v) is 8.62. The topological polar surface area (TPSA) is 44.8 Å². The van der Waals surface area contributed by atoms with Gasteiger partial charge in [-0.25, -0.2) is 0 Å². The Morgan fingerprint density at radius 3 is 2.78 bits per heavy atom. The van der Waals surface area contributed by atoms with Gasteiger partial charge in [0.2, 0.25) is 0 Å². The molecule has 1 fully saturated rings. The molecule has 2 rings (SSSR count). The van der Waals surface area contributed by atoms with Crippen LogP contribution < -0.4 is 0 Å². The molecule has 0 radical (unpaired) electrons. The maximum atomic E-state index is 11.2. The van der Waals surface area contributed by atoms with Crippen molar-refractivity contribution in [3.05, 3.63) is 23.3 Å². The average molecular weight is 322 g/mol. The second-order valence-corrected chi connectivity index (χ2v) is 7.37. The smallest absolute Gasteiger partial charge is 0.305 e. The highest BCUT2D eigenvalue weighted by Crippen LogP contribution is 2.41. The van der Waals surface area contributed by atoms with E-state index in [4.69, 9.17) is 14.2 Å². The molecule has 0 bridgehead atoms. The van der Waals surface area contributed by atoms with Crippen molar-refractivity contribution in [2.24, 2.45) is 5.41 Å². The van der Waals surface area contributed by atoms with Crippen LogP contribution in [-0.4, -0.2) is 31.1 Å². The van der Waals surface area contributed by atoms with Crippen LogP contribution in [0.1, 0.15) is 60.3 Å². The van der Waals surface area contributed by atoms with E-state index in [0.29, 0.717) is 13.0 Å². The minimum absolute atomic E-state index is 0.198. The molecule has 0 saturated carbocycles. The van der Waals surface area contributed by atoms with Crippen molar-refractivity contribution >= 4 is 5.97 Å². The van der Waals surface area contributed by atoms with Crippen LogP contribution in [0.2, 0.25) is 0 Å². The first kappa shape index (κ1) is 18.2. The number of rotatable bonds is 5. The first-order valence-electron chi connectivity index (χ1n) is 8.62. The molecule has 1 aliphatic heterocycles. The molecule has 0 spiro atoms. The van der Waals surface area contributed by atoms with Crippen LogP contribution in [0.3, 0.4) is 0 Å². The number of esters is 1. The molecule has 0 aromatic rings. The summed E-state index contributed by atoms with van der Waals surface area (Å²) in [6.07, 6.45) is 7.97. The largest absolute Gasteiger partial charge is 0.463 e. The quantitative estimate of drug-likeness (QED) is 0.713. The van der Waals surface area contributed by atoms with Crippen LogP contribution in [0.25, 0.3) is 0 Å². The zero-order valence-electron chi connectivity index (χ0n) is 15.1. The molecule has 0 N–H and O–H groups in total. The molecule has 1 saturated heterocycles. The Labute approximate surface area is 139 Å². The molecule has 1 heterocycles. The lowest BCUT2D eigenvalue weighted by Gasteiger charge is -2.33. The molecule has 4 nitrogen and oxygen atoms in total. The van der Waals surface area contributed by atoms with Crippen LogP contribution in [0.5, 0.6) is 0 Å². The van der Waals surface area contributed by atoms with E-state index in [9.17, 15) is 4.79 Å². The van der Waals surface area contributed by atoms with E-state index >= 15 is 0 Å². The summed E-state index contributed by atoms with van der Waals surface area (Å²) in [5.41, 5.74) is 3.04. The molecule has 0 amide bonds. The summed E-state index contributed by atoms with van der Waals surface area (Å²) >= 11 is 0.